The molecule has 40 heavy (non-hydrogen) atoms. The Labute approximate surface area is 236 Å². The zero-order valence-corrected chi connectivity index (χ0v) is 24.7. The molecular formula is C28H47NO11. The molecule has 0 aliphatic carbocycles. The van der Waals surface area contributed by atoms with Crippen LogP contribution in [-0.2, 0) is 42.7 Å². The lowest BCUT2D eigenvalue weighted by molar-refractivity contribution is -0.332. The molecule has 12 nitrogen and oxygen atoms in total. The van der Waals surface area contributed by atoms with Gasteiger partial charge in [-0.25, -0.2) is 0 Å². The number of nitrogens with one attached hydrogen (secondary N) is 1. The molecule has 0 saturated carbocycles. The second kappa shape index (κ2) is 13.6. The van der Waals surface area contributed by atoms with E-state index in [4.69, 9.17) is 28.4 Å². The number of carbonyl (C=O) groups excluding carboxylic acids is 2. The van der Waals surface area contributed by atoms with Crippen LogP contribution < -0.4 is 5.32 Å². The van der Waals surface area contributed by atoms with Gasteiger partial charge in [0, 0.05) is 44.8 Å². The molecule has 0 aromatic carbocycles. The van der Waals surface area contributed by atoms with Crippen LogP contribution in [0.3, 0.4) is 0 Å². The summed E-state index contributed by atoms with van der Waals surface area (Å²) in [4.78, 5) is 24.8. The SMILES string of the molecule is C=C1C[C@](OC)([C@H](O)C(=O)NC2OCOC3C2O[C@H](C[C@H](O)CCCC(=O)OC)C(C)(C)[C@@H]3OC)O[C@H](C)[C@@H]1C. The van der Waals surface area contributed by atoms with Crippen molar-refractivity contribution in [3.63, 3.8) is 0 Å². The Morgan fingerprint density at radius 1 is 1.15 bits per heavy atom. The first-order chi connectivity index (χ1) is 18.8. The Morgan fingerprint density at radius 3 is 2.45 bits per heavy atom. The molecule has 230 valence electrons. The summed E-state index contributed by atoms with van der Waals surface area (Å²) in [6, 6.07) is 0. The molecule has 3 heterocycles. The minimum Gasteiger partial charge on any atom is -0.469 e. The van der Waals surface area contributed by atoms with Gasteiger partial charge in [-0.1, -0.05) is 32.9 Å². The van der Waals surface area contributed by atoms with Gasteiger partial charge >= 0.3 is 5.97 Å². The molecule has 10 atom stereocenters. The topological polar surface area (TPSA) is 151 Å². The average Bonchev–Trinajstić information content (AvgIpc) is 2.91. The van der Waals surface area contributed by atoms with E-state index in [0.29, 0.717) is 12.8 Å². The smallest absolute Gasteiger partial charge is 0.305 e. The van der Waals surface area contributed by atoms with Crippen molar-refractivity contribution in [1.29, 1.82) is 0 Å². The highest BCUT2D eigenvalue weighted by atomic mass is 16.7. The van der Waals surface area contributed by atoms with Crippen molar-refractivity contribution in [2.45, 2.75) is 115 Å². The predicted octanol–water partition coefficient (Wildman–Crippen LogP) is 1.41. The van der Waals surface area contributed by atoms with Gasteiger partial charge in [0.1, 0.15) is 19.0 Å². The molecule has 1 amide bonds. The summed E-state index contributed by atoms with van der Waals surface area (Å²) in [5, 5.41) is 24.6. The van der Waals surface area contributed by atoms with E-state index in [1.165, 1.54) is 14.2 Å². The van der Waals surface area contributed by atoms with Crippen molar-refractivity contribution in [2.24, 2.45) is 11.3 Å². The van der Waals surface area contributed by atoms with E-state index >= 15 is 0 Å². The number of fused-ring (bicyclic) bond motifs is 1. The summed E-state index contributed by atoms with van der Waals surface area (Å²) >= 11 is 0. The number of aliphatic hydroxyl groups is 2. The fraction of sp³-hybridized carbons (Fsp3) is 0.857. The van der Waals surface area contributed by atoms with Gasteiger partial charge in [0.25, 0.3) is 5.91 Å². The average molecular weight is 574 g/mol. The zero-order valence-electron chi connectivity index (χ0n) is 24.7. The lowest BCUT2D eigenvalue weighted by Gasteiger charge is -2.54. The number of amides is 1. The molecule has 3 unspecified atom stereocenters. The number of esters is 1. The minimum atomic E-state index is -1.68. The molecule has 3 fully saturated rings. The Balaban J connectivity index is 1.74. The van der Waals surface area contributed by atoms with E-state index in [-0.39, 0.29) is 44.0 Å². The maximum absolute atomic E-state index is 13.3. The van der Waals surface area contributed by atoms with E-state index in [0.717, 1.165) is 5.57 Å². The van der Waals surface area contributed by atoms with Crippen LogP contribution in [0, 0.1) is 11.3 Å². The number of methoxy groups -OCH3 is 3. The Morgan fingerprint density at radius 2 is 1.85 bits per heavy atom. The molecule has 3 N–H and O–H groups in total. The van der Waals surface area contributed by atoms with Crippen LogP contribution in [0.5, 0.6) is 0 Å². The molecular weight excluding hydrogens is 526 g/mol. The summed E-state index contributed by atoms with van der Waals surface area (Å²) in [5.74, 6) is -2.65. The van der Waals surface area contributed by atoms with Crippen LogP contribution in [0.15, 0.2) is 12.2 Å². The van der Waals surface area contributed by atoms with Crippen LogP contribution in [0.4, 0.5) is 0 Å². The highest BCUT2D eigenvalue weighted by Gasteiger charge is 2.57. The molecule has 3 saturated heterocycles. The molecule has 0 radical (unpaired) electrons. The minimum absolute atomic E-state index is 0.0378. The zero-order chi connectivity index (χ0) is 29.8. The standard InChI is InChI=1S/C28H47NO11/c1-15-13-28(36-8,40-17(3)16(15)2)23(32)25(33)29-26-22-21(37-14-38-26)24(35-7)27(4,5)19(39-22)12-18(30)10-9-11-20(31)34-6/h16-19,21-24,26,30,32H,1,9-14H2,2-8H3,(H,29,33)/t16-,17-,18-,19-,21?,22?,23-,24-,26?,28-/m1/s1. The molecule has 3 rings (SSSR count). The van der Waals surface area contributed by atoms with Crippen molar-refractivity contribution in [1.82, 2.24) is 5.32 Å². The first kappa shape index (κ1) is 32.9. The molecule has 12 heteroatoms. The second-order valence-corrected chi connectivity index (χ2v) is 11.6. The second-order valence-electron chi connectivity index (χ2n) is 11.6. The van der Waals surface area contributed by atoms with Gasteiger partial charge in [-0.2, -0.15) is 0 Å². The monoisotopic (exact) mass is 573 g/mol. The summed E-state index contributed by atoms with van der Waals surface area (Å²) in [6.07, 6.45) is -4.59. The molecule has 0 aromatic rings. The quantitative estimate of drug-likeness (QED) is 0.243. The first-order valence-electron chi connectivity index (χ1n) is 13.9. The van der Waals surface area contributed by atoms with E-state index in [2.05, 4.69) is 16.6 Å². The van der Waals surface area contributed by atoms with Gasteiger partial charge in [-0.15, -0.1) is 0 Å². The van der Waals surface area contributed by atoms with E-state index in [1.807, 2.05) is 27.7 Å². The van der Waals surface area contributed by atoms with Gasteiger partial charge in [-0.3, -0.25) is 9.59 Å². The number of aliphatic hydroxyl groups excluding tert-OH is 2. The van der Waals surface area contributed by atoms with E-state index < -0.39 is 60.0 Å². The summed E-state index contributed by atoms with van der Waals surface area (Å²) in [5.41, 5.74) is 0.233. The third-order valence-electron chi connectivity index (χ3n) is 8.70. The fourth-order valence-electron chi connectivity index (χ4n) is 5.88. The maximum atomic E-state index is 13.3. The van der Waals surface area contributed by atoms with Crippen LogP contribution in [0.25, 0.3) is 0 Å². The van der Waals surface area contributed by atoms with Crippen LogP contribution in [0.2, 0.25) is 0 Å². The summed E-state index contributed by atoms with van der Waals surface area (Å²) in [6.45, 7) is 11.7. The lowest BCUT2D eigenvalue weighted by Crippen LogP contribution is -2.69. The number of hydrogen-bond donors (Lipinski definition) is 3. The molecule has 0 aromatic heterocycles. The molecule has 3 aliphatic heterocycles. The largest absolute Gasteiger partial charge is 0.469 e. The lowest BCUT2D eigenvalue weighted by atomic mass is 9.72. The van der Waals surface area contributed by atoms with Gasteiger partial charge in [0.15, 0.2) is 12.3 Å². The number of carbonyl (C=O) groups is 2. The van der Waals surface area contributed by atoms with Gasteiger partial charge < -0.3 is 48.7 Å². The van der Waals surface area contributed by atoms with Crippen LogP contribution in [-0.4, -0.2) is 105 Å². The highest BCUT2D eigenvalue weighted by molar-refractivity contribution is 5.82. The molecule has 0 bridgehead atoms. The number of ether oxygens (including phenoxy) is 7. The number of hydrogen-bond acceptors (Lipinski definition) is 11. The van der Waals surface area contributed by atoms with Crippen molar-refractivity contribution in [3.8, 4) is 0 Å². The van der Waals surface area contributed by atoms with Crippen molar-refractivity contribution >= 4 is 11.9 Å². The third kappa shape index (κ3) is 6.87. The molecule has 0 spiro atoms. The van der Waals surface area contributed by atoms with Crippen LogP contribution in [0.1, 0.15) is 59.8 Å². The third-order valence-corrected chi connectivity index (χ3v) is 8.70. The fourth-order valence-corrected chi connectivity index (χ4v) is 5.88. The van der Waals surface area contributed by atoms with Gasteiger partial charge in [-0.05, 0) is 19.8 Å². The number of rotatable bonds is 11. The molecule has 3 aliphatic rings. The predicted molar refractivity (Wildman–Crippen MR) is 142 cm³/mol. The van der Waals surface area contributed by atoms with Crippen molar-refractivity contribution in [2.75, 3.05) is 28.1 Å². The van der Waals surface area contributed by atoms with E-state index in [9.17, 15) is 19.8 Å². The van der Waals surface area contributed by atoms with E-state index in [1.54, 1.807) is 7.11 Å². The maximum Gasteiger partial charge on any atom is 0.305 e. The summed E-state index contributed by atoms with van der Waals surface area (Å²) < 4.78 is 40.1. The van der Waals surface area contributed by atoms with Crippen molar-refractivity contribution < 1.29 is 53.0 Å². The Bertz CT molecular complexity index is 897. The normalized spacial score (nSPS) is 37.2. The van der Waals surface area contributed by atoms with Gasteiger partial charge in [0.2, 0.25) is 5.79 Å². The van der Waals surface area contributed by atoms with Crippen LogP contribution >= 0.6 is 0 Å². The first-order valence-corrected chi connectivity index (χ1v) is 13.9. The van der Waals surface area contributed by atoms with Crippen molar-refractivity contribution in [3.05, 3.63) is 12.2 Å². The Kier molecular flexibility index (Phi) is 11.1. The summed E-state index contributed by atoms with van der Waals surface area (Å²) in [7, 11) is 4.28. The Hall–Kier alpha value is -1.64. The highest BCUT2D eigenvalue weighted by Crippen LogP contribution is 2.44. The van der Waals surface area contributed by atoms with Gasteiger partial charge in [0.05, 0.1) is 31.5 Å².